The van der Waals surface area contributed by atoms with Gasteiger partial charge in [-0.3, -0.25) is 9.78 Å². The van der Waals surface area contributed by atoms with E-state index in [-0.39, 0.29) is 23.9 Å². The molecule has 0 saturated carbocycles. The molecule has 1 aliphatic heterocycles. The van der Waals surface area contributed by atoms with Crippen molar-refractivity contribution in [2.45, 2.75) is 32.9 Å². The number of carbonyl (C=O) groups excluding carboxylic acids is 1. The van der Waals surface area contributed by atoms with Gasteiger partial charge in [-0.25, -0.2) is 4.39 Å². The molecule has 0 unspecified atom stereocenters. The number of nitrogens with zero attached hydrogens (tertiary/aromatic N) is 3. The van der Waals surface area contributed by atoms with Gasteiger partial charge in [-0.15, -0.1) is 0 Å². The van der Waals surface area contributed by atoms with Crippen LogP contribution < -0.4 is 4.72 Å². The maximum atomic E-state index is 13.2. The quantitative estimate of drug-likeness (QED) is 0.725. The van der Waals surface area contributed by atoms with E-state index in [1.807, 2.05) is 6.92 Å². The number of hydrogen-bond donors (Lipinski definition) is 1. The van der Waals surface area contributed by atoms with Crippen LogP contribution in [0.15, 0.2) is 24.4 Å². The molecule has 7 nitrogen and oxygen atoms in total. The predicted octanol–water partition coefficient (Wildman–Crippen LogP) is 2.21. The minimum atomic E-state index is -3.55. The molecule has 1 aliphatic rings. The topological polar surface area (TPSA) is 82.6 Å². The number of aromatic nitrogens is 1. The fraction of sp³-hybridized carbons (Fsp3) is 0.400. The second-order valence-corrected chi connectivity index (χ2v) is 9.79. The predicted molar refractivity (Wildman–Crippen MR) is 113 cm³/mol. The van der Waals surface area contributed by atoms with Crippen molar-refractivity contribution in [1.82, 2.24) is 18.9 Å². The van der Waals surface area contributed by atoms with E-state index in [9.17, 15) is 17.6 Å². The normalized spacial score (nSPS) is 14.1. The van der Waals surface area contributed by atoms with Crippen LogP contribution in [0.25, 0.3) is 0 Å². The third-order valence-corrected chi connectivity index (χ3v) is 7.04. The van der Waals surface area contributed by atoms with E-state index in [1.54, 1.807) is 11.1 Å². The van der Waals surface area contributed by atoms with Gasteiger partial charge in [0.05, 0.1) is 6.42 Å². The minimum Gasteiger partial charge on any atom is -0.338 e. The van der Waals surface area contributed by atoms with E-state index in [0.717, 1.165) is 26.7 Å². The molecule has 0 saturated heterocycles. The number of carbonyl (C=O) groups is 1. The highest BCUT2D eigenvalue weighted by Gasteiger charge is 2.25. The van der Waals surface area contributed by atoms with Crippen LogP contribution in [0.3, 0.4) is 0 Å². The summed E-state index contributed by atoms with van der Waals surface area (Å²) in [5, 5.41) is 0.230. The number of nitrogens with one attached hydrogen (secondary N) is 1. The molecule has 1 aromatic carbocycles. The molecule has 0 aliphatic carbocycles. The molecular weight excluding hydrogens is 431 g/mol. The molecule has 3 rings (SSSR count). The second-order valence-electron chi connectivity index (χ2n) is 7.41. The second kappa shape index (κ2) is 8.97. The highest BCUT2D eigenvalue weighted by atomic mass is 35.5. The van der Waals surface area contributed by atoms with Crippen molar-refractivity contribution in [2.75, 3.05) is 20.6 Å². The van der Waals surface area contributed by atoms with Crippen molar-refractivity contribution < 1.29 is 17.6 Å². The summed E-state index contributed by atoms with van der Waals surface area (Å²) in [5.41, 5.74) is 4.09. The van der Waals surface area contributed by atoms with Gasteiger partial charge in [-0.2, -0.15) is 17.4 Å². The molecule has 0 fully saturated rings. The van der Waals surface area contributed by atoms with Crippen LogP contribution >= 0.6 is 11.6 Å². The number of fused-ring (bicyclic) bond motifs is 1. The summed E-state index contributed by atoms with van der Waals surface area (Å²) >= 11 is 6.05. The Balaban J connectivity index is 1.75. The summed E-state index contributed by atoms with van der Waals surface area (Å²) in [7, 11) is -0.628. The molecule has 30 heavy (non-hydrogen) atoms. The van der Waals surface area contributed by atoms with Gasteiger partial charge >= 0.3 is 0 Å². The van der Waals surface area contributed by atoms with Crippen LogP contribution in [0.5, 0.6) is 0 Å². The van der Waals surface area contributed by atoms with Crippen molar-refractivity contribution in [3.05, 3.63) is 63.2 Å². The molecule has 0 spiro atoms. The van der Waals surface area contributed by atoms with Gasteiger partial charge in [0.15, 0.2) is 0 Å². The summed E-state index contributed by atoms with van der Waals surface area (Å²) in [5.74, 6) is -0.549. The Bertz CT molecular complexity index is 1080. The molecule has 162 valence electrons. The molecular formula is C20H24ClFN4O3S. The molecule has 2 aromatic rings. The van der Waals surface area contributed by atoms with Crippen LogP contribution in [0.4, 0.5) is 4.39 Å². The summed E-state index contributed by atoms with van der Waals surface area (Å²) in [4.78, 5) is 18.9. The van der Waals surface area contributed by atoms with Crippen LogP contribution in [0, 0.1) is 12.7 Å². The third-order valence-electron chi connectivity index (χ3n) is 5.22. The van der Waals surface area contributed by atoms with E-state index in [4.69, 9.17) is 11.6 Å². The molecule has 0 atom stereocenters. The summed E-state index contributed by atoms with van der Waals surface area (Å²) in [6.45, 7) is 2.87. The maximum Gasteiger partial charge on any atom is 0.279 e. The lowest BCUT2D eigenvalue weighted by Gasteiger charge is -2.31. The van der Waals surface area contributed by atoms with Crippen molar-refractivity contribution >= 4 is 27.7 Å². The molecule has 0 radical (unpaired) electrons. The van der Waals surface area contributed by atoms with E-state index in [0.29, 0.717) is 25.1 Å². The highest BCUT2D eigenvalue weighted by Crippen LogP contribution is 2.25. The fourth-order valence-corrected chi connectivity index (χ4v) is 4.22. The maximum absolute atomic E-state index is 13.2. The molecule has 1 aromatic heterocycles. The molecule has 0 bridgehead atoms. The number of aryl methyl sites for hydroxylation is 1. The first-order valence-electron chi connectivity index (χ1n) is 9.43. The zero-order chi connectivity index (χ0) is 22.1. The number of pyridine rings is 1. The lowest BCUT2D eigenvalue weighted by atomic mass is 9.94. The van der Waals surface area contributed by atoms with Crippen molar-refractivity contribution in [1.29, 1.82) is 0 Å². The Hall–Kier alpha value is -2.07. The van der Waals surface area contributed by atoms with Crippen molar-refractivity contribution in [3.8, 4) is 0 Å². The first-order chi connectivity index (χ1) is 14.1. The van der Waals surface area contributed by atoms with Gasteiger partial charge in [0.2, 0.25) is 5.91 Å². The summed E-state index contributed by atoms with van der Waals surface area (Å²) in [6, 6.07) is 4.00. The zero-order valence-electron chi connectivity index (χ0n) is 17.1. The smallest absolute Gasteiger partial charge is 0.279 e. The van der Waals surface area contributed by atoms with Crippen LogP contribution in [0.1, 0.15) is 27.9 Å². The van der Waals surface area contributed by atoms with E-state index < -0.39 is 16.0 Å². The molecule has 1 amide bonds. The van der Waals surface area contributed by atoms with Crippen LogP contribution in [-0.2, 0) is 40.9 Å². The van der Waals surface area contributed by atoms with E-state index in [2.05, 4.69) is 9.71 Å². The Morgan fingerprint density at radius 2 is 2.10 bits per heavy atom. The van der Waals surface area contributed by atoms with Gasteiger partial charge in [0, 0.05) is 50.6 Å². The average Bonchev–Trinajstić information content (AvgIpc) is 2.68. The number of amides is 1. The van der Waals surface area contributed by atoms with E-state index >= 15 is 0 Å². The standard InChI is InChI=1S/C20H24ClFN4O3S/c1-13-18(11-24-30(28,29)25(2)3)17-6-7-26(12-15(17)10-23-13)20(27)8-14-4-5-16(22)9-19(14)21/h4-5,9-10,24H,6-8,11-12H2,1-3H3. The van der Waals surface area contributed by atoms with Gasteiger partial charge in [0.25, 0.3) is 10.2 Å². The Morgan fingerprint density at radius 3 is 2.77 bits per heavy atom. The average molecular weight is 455 g/mol. The minimum absolute atomic E-state index is 0.0865. The van der Waals surface area contributed by atoms with Crippen molar-refractivity contribution in [3.63, 3.8) is 0 Å². The number of benzene rings is 1. The van der Waals surface area contributed by atoms with Gasteiger partial charge < -0.3 is 4.90 Å². The van der Waals surface area contributed by atoms with Gasteiger partial charge in [0.1, 0.15) is 5.82 Å². The molecule has 10 heteroatoms. The van der Waals surface area contributed by atoms with Crippen LogP contribution in [-0.4, -0.2) is 49.2 Å². The lowest BCUT2D eigenvalue weighted by molar-refractivity contribution is -0.131. The zero-order valence-corrected chi connectivity index (χ0v) is 18.6. The summed E-state index contributed by atoms with van der Waals surface area (Å²) in [6.07, 6.45) is 2.42. The van der Waals surface area contributed by atoms with Crippen LogP contribution in [0.2, 0.25) is 5.02 Å². The Labute approximate surface area is 181 Å². The highest BCUT2D eigenvalue weighted by molar-refractivity contribution is 7.87. The number of halogens is 2. The van der Waals surface area contributed by atoms with E-state index in [1.165, 1.54) is 32.3 Å². The van der Waals surface area contributed by atoms with Gasteiger partial charge in [-0.1, -0.05) is 17.7 Å². The first kappa shape index (κ1) is 22.6. The number of rotatable bonds is 6. The Kier molecular flexibility index (Phi) is 6.76. The summed E-state index contributed by atoms with van der Waals surface area (Å²) < 4.78 is 41.0. The first-order valence-corrected chi connectivity index (χ1v) is 11.3. The third kappa shape index (κ3) is 4.97. The monoisotopic (exact) mass is 454 g/mol. The van der Waals surface area contributed by atoms with Crippen molar-refractivity contribution in [2.24, 2.45) is 0 Å². The number of hydrogen-bond acceptors (Lipinski definition) is 4. The largest absolute Gasteiger partial charge is 0.338 e. The fourth-order valence-electron chi connectivity index (χ4n) is 3.40. The molecule has 1 N–H and O–H groups in total. The van der Waals surface area contributed by atoms with Gasteiger partial charge in [-0.05, 0) is 47.7 Å². The molecule has 2 heterocycles. The SMILES string of the molecule is Cc1ncc2c(c1CNS(=O)(=O)N(C)C)CCN(C(=O)Cc1ccc(F)cc1Cl)C2. The lowest BCUT2D eigenvalue weighted by Crippen LogP contribution is -2.39. The Morgan fingerprint density at radius 1 is 1.37 bits per heavy atom.